The van der Waals surface area contributed by atoms with Crippen molar-refractivity contribution in [3.8, 4) is 0 Å². The molecule has 2 heteroatoms. The molecule has 0 atom stereocenters. The van der Waals surface area contributed by atoms with E-state index >= 15 is 0 Å². The van der Waals surface area contributed by atoms with Crippen LogP contribution in [0.1, 0.15) is 36.5 Å². The van der Waals surface area contributed by atoms with E-state index in [4.69, 9.17) is 5.73 Å². The SMILES string of the molecule is CC(C)c1cccc(Cc2cc[c-]cc2)c1N.[Y]. The summed E-state index contributed by atoms with van der Waals surface area (Å²) < 4.78 is 0. The second kappa shape index (κ2) is 7.06. The zero-order valence-corrected chi connectivity index (χ0v) is 13.8. The van der Waals surface area contributed by atoms with Crippen molar-refractivity contribution in [3.63, 3.8) is 0 Å². The minimum absolute atomic E-state index is 0. The smallest absolute Gasteiger partial charge is 0.0384 e. The van der Waals surface area contributed by atoms with E-state index in [1.54, 1.807) is 0 Å². The van der Waals surface area contributed by atoms with Crippen molar-refractivity contribution in [2.45, 2.75) is 26.2 Å². The molecule has 18 heavy (non-hydrogen) atoms. The molecule has 0 unspecified atom stereocenters. The van der Waals surface area contributed by atoms with E-state index < -0.39 is 0 Å². The van der Waals surface area contributed by atoms with Crippen LogP contribution in [0.15, 0.2) is 42.5 Å². The fraction of sp³-hybridized carbons (Fsp3) is 0.250. The maximum absolute atomic E-state index is 6.22. The van der Waals surface area contributed by atoms with Gasteiger partial charge in [0.2, 0.25) is 0 Å². The number of rotatable bonds is 3. The normalized spacial score (nSPS) is 10.2. The Kier molecular flexibility index (Phi) is 6.04. The van der Waals surface area contributed by atoms with Gasteiger partial charge in [0.15, 0.2) is 0 Å². The maximum atomic E-state index is 6.22. The van der Waals surface area contributed by atoms with Gasteiger partial charge < -0.3 is 5.73 Å². The van der Waals surface area contributed by atoms with Gasteiger partial charge in [-0.3, -0.25) is 0 Å². The molecule has 0 aliphatic rings. The number of anilines is 1. The van der Waals surface area contributed by atoms with E-state index in [0.29, 0.717) is 5.92 Å². The molecule has 1 radical (unpaired) electrons. The second-order valence-electron chi connectivity index (χ2n) is 4.66. The number of para-hydroxylation sites is 1. The topological polar surface area (TPSA) is 26.0 Å². The van der Waals surface area contributed by atoms with Gasteiger partial charge in [0.05, 0.1) is 0 Å². The van der Waals surface area contributed by atoms with E-state index in [-0.39, 0.29) is 32.7 Å². The Balaban J connectivity index is 0.00000162. The molecule has 2 aromatic rings. The maximum Gasteiger partial charge on any atom is 0.0384 e. The van der Waals surface area contributed by atoms with Crippen molar-refractivity contribution in [2.75, 3.05) is 5.73 Å². The average Bonchev–Trinajstić information content (AvgIpc) is 2.33. The molecule has 2 rings (SSSR count). The van der Waals surface area contributed by atoms with Gasteiger partial charge in [-0.25, -0.2) is 0 Å². The van der Waals surface area contributed by atoms with Crippen LogP contribution in [-0.2, 0) is 39.1 Å². The van der Waals surface area contributed by atoms with Crippen LogP contribution >= 0.6 is 0 Å². The summed E-state index contributed by atoms with van der Waals surface area (Å²) in [6.07, 6.45) is 0.890. The van der Waals surface area contributed by atoms with Crippen molar-refractivity contribution >= 4 is 5.69 Å². The van der Waals surface area contributed by atoms with E-state index in [1.807, 2.05) is 12.1 Å². The first-order valence-electron chi connectivity index (χ1n) is 6.00. The van der Waals surface area contributed by atoms with Gasteiger partial charge in [0, 0.05) is 38.4 Å². The minimum Gasteiger partial charge on any atom is -0.398 e. The Morgan fingerprint density at radius 2 is 1.78 bits per heavy atom. The van der Waals surface area contributed by atoms with Crippen LogP contribution in [0, 0.1) is 6.07 Å². The molecule has 0 fully saturated rings. The van der Waals surface area contributed by atoms with Gasteiger partial charge in [0.25, 0.3) is 0 Å². The summed E-state index contributed by atoms with van der Waals surface area (Å²) in [6.45, 7) is 4.35. The van der Waals surface area contributed by atoms with E-state index in [1.165, 1.54) is 16.7 Å². The average molecular weight is 313 g/mol. The van der Waals surface area contributed by atoms with Crippen LogP contribution in [0.25, 0.3) is 0 Å². The van der Waals surface area contributed by atoms with Crippen LogP contribution in [0.3, 0.4) is 0 Å². The second-order valence-corrected chi connectivity index (χ2v) is 4.66. The molecule has 0 spiro atoms. The first-order valence-corrected chi connectivity index (χ1v) is 6.00. The summed E-state index contributed by atoms with van der Waals surface area (Å²) >= 11 is 0. The Labute approximate surface area is 135 Å². The molecule has 1 nitrogen and oxygen atoms in total. The van der Waals surface area contributed by atoms with Crippen molar-refractivity contribution in [1.82, 2.24) is 0 Å². The van der Waals surface area contributed by atoms with Crippen LogP contribution in [0.2, 0.25) is 0 Å². The van der Waals surface area contributed by atoms with Gasteiger partial charge in [-0.15, -0.1) is 0 Å². The number of nitrogens with two attached hydrogens (primary N) is 1. The summed E-state index contributed by atoms with van der Waals surface area (Å²) in [5, 5.41) is 0. The standard InChI is InChI=1S/C16H18N.Y/c1-12(2)15-10-6-9-14(16(15)17)11-13-7-4-3-5-8-13;/h4-10,12H,11,17H2,1-2H3;/q-1;. The first kappa shape index (κ1) is 15.4. The molecule has 0 saturated heterocycles. The zero-order valence-electron chi connectivity index (χ0n) is 11.0. The molecule has 0 aliphatic heterocycles. The predicted octanol–water partition coefficient (Wildman–Crippen LogP) is 3.78. The van der Waals surface area contributed by atoms with Crippen LogP contribution in [0.4, 0.5) is 5.69 Å². The van der Waals surface area contributed by atoms with E-state index in [2.05, 4.69) is 50.2 Å². The van der Waals surface area contributed by atoms with Crippen molar-refractivity contribution < 1.29 is 32.7 Å². The third-order valence-electron chi connectivity index (χ3n) is 3.03. The molecule has 2 aromatic carbocycles. The number of hydrogen-bond donors (Lipinski definition) is 1. The molecule has 0 amide bonds. The Morgan fingerprint density at radius 3 is 2.39 bits per heavy atom. The predicted molar refractivity (Wildman–Crippen MR) is 73.0 cm³/mol. The van der Waals surface area contributed by atoms with Gasteiger partial charge in [-0.05, 0) is 23.5 Å². The summed E-state index contributed by atoms with van der Waals surface area (Å²) in [5.41, 5.74) is 10.9. The molecule has 0 heterocycles. The molecular weight excluding hydrogens is 295 g/mol. The Morgan fingerprint density at radius 1 is 1.11 bits per heavy atom. The van der Waals surface area contributed by atoms with Crippen LogP contribution in [0.5, 0.6) is 0 Å². The van der Waals surface area contributed by atoms with E-state index in [9.17, 15) is 0 Å². The Bertz CT molecular complexity index is 492. The molecule has 0 aliphatic carbocycles. The Hall–Kier alpha value is -0.656. The molecule has 0 saturated carbocycles. The fourth-order valence-electron chi connectivity index (χ4n) is 2.05. The molecule has 91 valence electrons. The van der Waals surface area contributed by atoms with Crippen LogP contribution in [-0.4, -0.2) is 0 Å². The fourth-order valence-corrected chi connectivity index (χ4v) is 2.05. The van der Waals surface area contributed by atoms with Gasteiger partial charge in [-0.1, -0.05) is 32.0 Å². The summed E-state index contributed by atoms with van der Waals surface area (Å²) in [5.74, 6) is 0.471. The summed E-state index contributed by atoms with van der Waals surface area (Å²) in [4.78, 5) is 0. The molecule has 0 bridgehead atoms. The largest absolute Gasteiger partial charge is 0.398 e. The van der Waals surface area contributed by atoms with Crippen molar-refractivity contribution in [2.24, 2.45) is 0 Å². The molecule has 2 N–H and O–H groups in total. The summed E-state index contributed by atoms with van der Waals surface area (Å²) in [6, 6.07) is 17.4. The number of benzene rings is 2. The summed E-state index contributed by atoms with van der Waals surface area (Å²) in [7, 11) is 0. The zero-order chi connectivity index (χ0) is 12.3. The quantitative estimate of drug-likeness (QED) is 0.677. The van der Waals surface area contributed by atoms with E-state index in [0.717, 1.165) is 12.1 Å². The third-order valence-corrected chi connectivity index (χ3v) is 3.03. The number of hydrogen-bond acceptors (Lipinski definition) is 1. The van der Waals surface area contributed by atoms with Gasteiger partial charge in [0.1, 0.15) is 0 Å². The van der Waals surface area contributed by atoms with Gasteiger partial charge in [-0.2, -0.15) is 35.9 Å². The van der Waals surface area contributed by atoms with Crippen molar-refractivity contribution in [3.05, 3.63) is 65.2 Å². The monoisotopic (exact) mass is 313 g/mol. The van der Waals surface area contributed by atoms with Crippen molar-refractivity contribution in [1.29, 1.82) is 0 Å². The van der Waals surface area contributed by atoms with Gasteiger partial charge >= 0.3 is 0 Å². The third kappa shape index (κ3) is 3.67. The molecular formula is C16H18NY-. The molecule has 0 aromatic heterocycles. The van der Waals surface area contributed by atoms with Crippen LogP contribution < -0.4 is 5.73 Å². The number of nitrogen functional groups attached to an aromatic ring is 1. The first-order chi connectivity index (χ1) is 8.18. The minimum atomic E-state index is 0.